The molecule has 0 spiro atoms. The van der Waals surface area contributed by atoms with Crippen molar-refractivity contribution >= 4 is 39.1 Å². The Bertz CT molecular complexity index is 964. The van der Waals surface area contributed by atoms with E-state index in [-0.39, 0.29) is 16.1 Å². The summed E-state index contributed by atoms with van der Waals surface area (Å²) >= 11 is 1.53. The van der Waals surface area contributed by atoms with Gasteiger partial charge in [-0.2, -0.15) is 5.26 Å². The molecular weight excluding hydrogens is 358 g/mol. The van der Waals surface area contributed by atoms with Gasteiger partial charge < -0.3 is 5.32 Å². The highest BCUT2D eigenvalue weighted by Gasteiger charge is 2.22. The highest BCUT2D eigenvalue weighted by Crippen LogP contribution is 2.36. The molecule has 0 unspecified atom stereocenters. The van der Waals surface area contributed by atoms with Crippen LogP contribution in [0.25, 0.3) is 0 Å². The molecule has 8 heteroatoms. The first kappa shape index (κ1) is 17.3. The molecule has 3 rings (SSSR count). The average molecular weight is 373 g/mol. The summed E-state index contributed by atoms with van der Waals surface area (Å²) < 4.78 is 27.6. The summed E-state index contributed by atoms with van der Waals surface area (Å²) in [6, 6.07) is 12.8. The summed E-state index contributed by atoms with van der Waals surface area (Å²) in [5, 5.41) is 11.7. The Kier molecular flexibility index (Phi) is 4.70. The number of carbonyl (C=O) groups excluding carboxylic acids is 1. The van der Waals surface area contributed by atoms with E-state index in [9.17, 15) is 13.2 Å². The molecule has 1 atom stereocenters. The van der Waals surface area contributed by atoms with Crippen LogP contribution in [-0.2, 0) is 14.8 Å². The van der Waals surface area contributed by atoms with E-state index in [1.165, 1.54) is 48.2 Å². The zero-order valence-electron chi connectivity index (χ0n) is 13.3. The Balaban J connectivity index is 1.90. The maximum atomic E-state index is 12.6. The van der Waals surface area contributed by atoms with Crippen molar-refractivity contribution in [2.24, 2.45) is 0 Å². The molecule has 0 saturated heterocycles. The van der Waals surface area contributed by atoms with Crippen molar-refractivity contribution in [1.82, 2.24) is 0 Å². The van der Waals surface area contributed by atoms with E-state index >= 15 is 0 Å². The van der Waals surface area contributed by atoms with Crippen LogP contribution in [0.5, 0.6) is 0 Å². The Labute approximate surface area is 150 Å². The zero-order chi connectivity index (χ0) is 18.0. The van der Waals surface area contributed by atoms with E-state index in [4.69, 9.17) is 5.26 Å². The lowest BCUT2D eigenvalue weighted by molar-refractivity contribution is -0.116. The van der Waals surface area contributed by atoms with Gasteiger partial charge in [0.1, 0.15) is 0 Å². The van der Waals surface area contributed by atoms with E-state index < -0.39 is 10.0 Å². The molecule has 0 aromatic heterocycles. The summed E-state index contributed by atoms with van der Waals surface area (Å²) in [7, 11) is -3.80. The highest BCUT2D eigenvalue weighted by molar-refractivity contribution is 8.00. The standard InChI is InChI=1S/C17H15N3O3S2/c1-11-8-17(21)19-15-9-14(6-7-16(15)24-11)25(22,23)20-13-4-2-12(10-18)3-5-13/h2-7,9,11,20H,8H2,1H3,(H,19,21)/t11-/m1/s1. The minimum absolute atomic E-state index is 0.0612. The predicted octanol–water partition coefficient (Wildman–Crippen LogP) is 3.18. The molecule has 0 fully saturated rings. The van der Waals surface area contributed by atoms with Gasteiger partial charge in [0.05, 0.1) is 22.2 Å². The van der Waals surface area contributed by atoms with Crippen molar-refractivity contribution in [3.8, 4) is 6.07 Å². The fourth-order valence-corrected chi connectivity index (χ4v) is 4.56. The summed E-state index contributed by atoms with van der Waals surface area (Å²) in [6.45, 7) is 1.95. The Morgan fingerprint density at radius 2 is 1.96 bits per heavy atom. The number of fused-ring (bicyclic) bond motifs is 1. The molecule has 1 heterocycles. The van der Waals surface area contributed by atoms with Gasteiger partial charge in [-0.25, -0.2) is 8.42 Å². The normalized spacial score (nSPS) is 17.0. The van der Waals surface area contributed by atoms with Crippen molar-refractivity contribution in [2.75, 3.05) is 10.0 Å². The van der Waals surface area contributed by atoms with Crippen molar-refractivity contribution in [2.45, 2.75) is 28.4 Å². The summed E-state index contributed by atoms with van der Waals surface area (Å²) in [5.41, 5.74) is 1.31. The van der Waals surface area contributed by atoms with E-state index in [2.05, 4.69) is 10.0 Å². The van der Waals surface area contributed by atoms with Crippen molar-refractivity contribution in [3.05, 3.63) is 48.0 Å². The van der Waals surface area contributed by atoms with Crippen LogP contribution >= 0.6 is 11.8 Å². The number of thioether (sulfide) groups is 1. The van der Waals surface area contributed by atoms with Gasteiger partial charge in [-0.3, -0.25) is 9.52 Å². The molecule has 0 bridgehead atoms. The largest absolute Gasteiger partial charge is 0.325 e. The van der Waals surface area contributed by atoms with E-state index in [0.717, 1.165) is 4.90 Å². The SMILES string of the molecule is C[C@@H]1CC(=O)Nc2cc(S(=O)(=O)Nc3ccc(C#N)cc3)ccc2S1. The van der Waals surface area contributed by atoms with Crippen LogP contribution in [-0.4, -0.2) is 19.6 Å². The molecule has 0 aliphatic carbocycles. The van der Waals surface area contributed by atoms with Crippen LogP contribution in [0.4, 0.5) is 11.4 Å². The van der Waals surface area contributed by atoms with Gasteiger partial charge in [0.15, 0.2) is 0 Å². The molecule has 2 aromatic rings. The van der Waals surface area contributed by atoms with Gasteiger partial charge in [-0.1, -0.05) is 6.92 Å². The number of carbonyl (C=O) groups is 1. The molecule has 0 saturated carbocycles. The number of sulfonamides is 1. The molecule has 1 aliphatic rings. The molecule has 25 heavy (non-hydrogen) atoms. The third kappa shape index (κ3) is 3.95. The van der Waals surface area contributed by atoms with Crippen molar-refractivity contribution in [3.63, 3.8) is 0 Å². The molecule has 1 aliphatic heterocycles. The first-order chi connectivity index (χ1) is 11.9. The maximum Gasteiger partial charge on any atom is 0.261 e. The van der Waals surface area contributed by atoms with E-state index in [0.29, 0.717) is 23.4 Å². The first-order valence-electron chi connectivity index (χ1n) is 7.51. The maximum absolute atomic E-state index is 12.6. The number of rotatable bonds is 3. The highest BCUT2D eigenvalue weighted by atomic mass is 32.2. The van der Waals surface area contributed by atoms with Crippen LogP contribution in [0.15, 0.2) is 52.3 Å². The average Bonchev–Trinajstić information content (AvgIpc) is 2.70. The van der Waals surface area contributed by atoms with Gasteiger partial charge in [-0.05, 0) is 42.5 Å². The molecule has 6 nitrogen and oxygen atoms in total. The fourth-order valence-electron chi connectivity index (χ4n) is 2.42. The van der Waals surface area contributed by atoms with Gasteiger partial charge in [-0.15, -0.1) is 11.8 Å². The monoisotopic (exact) mass is 373 g/mol. The second-order valence-electron chi connectivity index (χ2n) is 5.63. The number of hydrogen-bond acceptors (Lipinski definition) is 5. The van der Waals surface area contributed by atoms with Crippen LogP contribution in [0.3, 0.4) is 0 Å². The van der Waals surface area contributed by atoms with E-state index in [1.807, 2.05) is 13.0 Å². The predicted molar refractivity (Wildman–Crippen MR) is 97.0 cm³/mol. The third-order valence-corrected chi connectivity index (χ3v) is 6.16. The smallest absolute Gasteiger partial charge is 0.261 e. The Hall–Kier alpha value is -2.50. The van der Waals surface area contributed by atoms with E-state index in [1.54, 1.807) is 6.07 Å². The number of nitriles is 1. The fraction of sp³-hybridized carbons (Fsp3) is 0.176. The Morgan fingerprint density at radius 3 is 2.64 bits per heavy atom. The van der Waals surface area contributed by atoms with Crippen molar-refractivity contribution < 1.29 is 13.2 Å². The molecule has 2 N–H and O–H groups in total. The number of benzene rings is 2. The minimum atomic E-state index is -3.80. The molecular formula is C17H15N3O3S2. The van der Waals surface area contributed by atoms with Crippen molar-refractivity contribution in [1.29, 1.82) is 5.26 Å². The number of nitrogens with zero attached hydrogens (tertiary/aromatic N) is 1. The summed E-state index contributed by atoms with van der Waals surface area (Å²) in [5.74, 6) is -0.131. The van der Waals surface area contributed by atoms with Crippen LogP contribution in [0, 0.1) is 11.3 Å². The molecule has 128 valence electrons. The van der Waals surface area contributed by atoms with Gasteiger partial charge in [0, 0.05) is 22.3 Å². The molecule has 0 radical (unpaired) electrons. The number of anilines is 2. The summed E-state index contributed by atoms with van der Waals surface area (Å²) in [4.78, 5) is 12.8. The third-order valence-electron chi connectivity index (χ3n) is 3.60. The minimum Gasteiger partial charge on any atom is -0.325 e. The lowest BCUT2D eigenvalue weighted by Crippen LogP contribution is -2.15. The topological polar surface area (TPSA) is 99.1 Å². The quantitative estimate of drug-likeness (QED) is 0.861. The molecule has 1 amide bonds. The van der Waals surface area contributed by atoms with Gasteiger partial charge in [0.2, 0.25) is 5.91 Å². The van der Waals surface area contributed by atoms with Gasteiger partial charge >= 0.3 is 0 Å². The lowest BCUT2D eigenvalue weighted by atomic mass is 10.2. The summed E-state index contributed by atoms with van der Waals surface area (Å²) in [6.07, 6.45) is 0.380. The lowest BCUT2D eigenvalue weighted by Gasteiger charge is -2.12. The van der Waals surface area contributed by atoms with Crippen LogP contribution in [0.2, 0.25) is 0 Å². The number of hydrogen-bond donors (Lipinski definition) is 2. The number of nitrogens with one attached hydrogen (secondary N) is 2. The Morgan fingerprint density at radius 1 is 1.24 bits per heavy atom. The second-order valence-corrected chi connectivity index (χ2v) is 8.80. The first-order valence-corrected chi connectivity index (χ1v) is 9.87. The van der Waals surface area contributed by atoms with Crippen LogP contribution in [0.1, 0.15) is 18.9 Å². The molecule has 2 aromatic carbocycles. The second kappa shape index (κ2) is 6.78. The van der Waals surface area contributed by atoms with Gasteiger partial charge in [0.25, 0.3) is 10.0 Å². The number of amides is 1. The van der Waals surface area contributed by atoms with Crippen LogP contribution < -0.4 is 10.0 Å². The zero-order valence-corrected chi connectivity index (χ0v) is 14.9.